The first kappa shape index (κ1) is 18.7. The number of hydrogen-bond acceptors (Lipinski definition) is 4. The van der Waals surface area contributed by atoms with Crippen LogP contribution < -0.4 is 0 Å². The van der Waals surface area contributed by atoms with Crippen LogP contribution in [-0.2, 0) is 15.3 Å². The van der Waals surface area contributed by atoms with Gasteiger partial charge in [-0.15, -0.1) is 11.8 Å². The van der Waals surface area contributed by atoms with Gasteiger partial charge in [0.05, 0.1) is 11.9 Å². The molecule has 0 radical (unpaired) electrons. The van der Waals surface area contributed by atoms with Crippen LogP contribution in [-0.4, -0.2) is 66.9 Å². The first-order valence-corrected chi connectivity index (χ1v) is 10.6. The summed E-state index contributed by atoms with van der Waals surface area (Å²) in [5.74, 6) is 1.72. The molecule has 0 saturated carbocycles. The normalized spacial score (nSPS) is 22.1. The van der Waals surface area contributed by atoms with Gasteiger partial charge in [-0.2, -0.15) is 0 Å². The molecule has 3 rings (SSSR count). The molecular formula is C20H30N2O2S. The van der Waals surface area contributed by atoms with E-state index in [0.29, 0.717) is 5.75 Å². The van der Waals surface area contributed by atoms with Gasteiger partial charge in [-0.3, -0.25) is 4.79 Å². The van der Waals surface area contributed by atoms with Crippen molar-refractivity contribution in [2.45, 2.75) is 38.0 Å². The average Bonchev–Trinajstić information content (AvgIpc) is 3.00. The van der Waals surface area contributed by atoms with Gasteiger partial charge in [0.15, 0.2) is 0 Å². The number of carbonyl (C=O) groups is 1. The number of aryl methyl sites for hydroxylation is 1. The lowest BCUT2D eigenvalue weighted by Crippen LogP contribution is -2.42. The number of carbonyl (C=O) groups excluding carboxylic acids is 1. The van der Waals surface area contributed by atoms with Crippen LogP contribution in [0, 0.1) is 6.92 Å². The number of likely N-dealkylation sites (tertiary alicyclic amines) is 1. The highest BCUT2D eigenvalue weighted by atomic mass is 32.2. The van der Waals surface area contributed by atoms with E-state index in [1.807, 2.05) is 4.90 Å². The first-order chi connectivity index (χ1) is 12.2. The molecule has 2 saturated heterocycles. The third-order valence-corrected chi connectivity index (χ3v) is 6.07. The Kier molecular flexibility index (Phi) is 7.20. The van der Waals surface area contributed by atoms with Crippen LogP contribution in [0.5, 0.6) is 0 Å². The Hall–Kier alpha value is -1.04. The fraction of sp³-hybridized carbons (Fsp3) is 0.650. The van der Waals surface area contributed by atoms with Crippen LogP contribution in [0.1, 0.15) is 30.4 Å². The predicted molar refractivity (Wildman–Crippen MR) is 104 cm³/mol. The minimum atomic E-state index is 0.172. The molecule has 1 aromatic carbocycles. The van der Waals surface area contributed by atoms with Gasteiger partial charge >= 0.3 is 0 Å². The lowest BCUT2D eigenvalue weighted by molar-refractivity contribution is -0.129. The molecule has 2 fully saturated rings. The van der Waals surface area contributed by atoms with Crippen LogP contribution in [0.2, 0.25) is 0 Å². The lowest BCUT2D eigenvalue weighted by Gasteiger charge is -2.27. The highest BCUT2D eigenvalue weighted by Crippen LogP contribution is 2.18. The molecule has 5 heteroatoms. The van der Waals surface area contributed by atoms with Crippen molar-refractivity contribution in [3.63, 3.8) is 0 Å². The van der Waals surface area contributed by atoms with E-state index < -0.39 is 0 Å². The van der Waals surface area contributed by atoms with E-state index in [1.54, 1.807) is 11.8 Å². The molecule has 0 bridgehead atoms. The lowest BCUT2D eigenvalue weighted by atomic mass is 10.1. The zero-order valence-electron chi connectivity index (χ0n) is 15.3. The van der Waals surface area contributed by atoms with E-state index >= 15 is 0 Å². The van der Waals surface area contributed by atoms with Crippen LogP contribution in [0.4, 0.5) is 0 Å². The number of amides is 1. The third-order valence-electron chi connectivity index (χ3n) is 5.11. The van der Waals surface area contributed by atoms with Crippen molar-refractivity contribution < 1.29 is 9.53 Å². The summed E-state index contributed by atoms with van der Waals surface area (Å²) in [6, 6.07) is 8.41. The summed E-state index contributed by atoms with van der Waals surface area (Å²) >= 11 is 1.72. The van der Waals surface area contributed by atoms with Crippen LogP contribution in [0.25, 0.3) is 0 Å². The Labute approximate surface area is 155 Å². The summed E-state index contributed by atoms with van der Waals surface area (Å²) in [5, 5.41) is 0. The molecule has 25 heavy (non-hydrogen) atoms. The second-order valence-electron chi connectivity index (χ2n) is 7.11. The van der Waals surface area contributed by atoms with Gasteiger partial charge in [0.2, 0.25) is 5.91 Å². The third kappa shape index (κ3) is 5.73. The molecule has 4 nitrogen and oxygen atoms in total. The molecule has 0 aliphatic carbocycles. The quantitative estimate of drug-likeness (QED) is 0.779. The largest absolute Gasteiger partial charge is 0.375 e. The summed E-state index contributed by atoms with van der Waals surface area (Å²) in [4.78, 5) is 17.1. The molecule has 0 N–H and O–H groups in total. The molecule has 0 spiro atoms. The minimum absolute atomic E-state index is 0.172. The number of nitrogens with zero attached hydrogens (tertiary/aromatic N) is 2. The van der Waals surface area contributed by atoms with E-state index in [9.17, 15) is 4.79 Å². The molecule has 0 aromatic heterocycles. The van der Waals surface area contributed by atoms with Crippen molar-refractivity contribution in [1.29, 1.82) is 0 Å². The van der Waals surface area contributed by atoms with Gasteiger partial charge in [-0.25, -0.2) is 0 Å². The molecule has 1 aromatic rings. The van der Waals surface area contributed by atoms with Gasteiger partial charge in [0.1, 0.15) is 0 Å². The molecule has 0 unspecified atom stereocenters. The molecule has 2 aliphatic rings. The zero-order chi connectivity index (χ0) is 17.5. The van der Waals surface area contributed by atoms with Crippen molar-refractivity contribution in [2.75, 3.05) is 45.1 Å². The van der Waals surface area contributed by atoms with Gasteiger partial charge in [-0.1, -0.05) is 24.3 Å². The van der Waals surface area contributed by atoms with Crippen LogP contribution in [0.15, 0.2) is 24.3 Å². The smallest absolute Gasteiger partial charge is 0.232 e. The maximum atomic E-state index is 12.6. The fourth-order valence-electron chi connectivity index (χ4n) is 3.60. The summed E-state index contributed by atoms with van der Waals surface area (Å²) < 4.78 is 5.99. The molecule has 1 amide bonds. The highest BCUT2D eigenvalue weighted by Gasteiger charge is 2.25. The van der Waals surface area contributed by atoms with Crippen LogP contribution >= 0.6 is 11.8 Å². The molecule has 138 valence electrons. The van der Waals surface area contributed by atoms with Crippen LogP contribution in [0.3, 0.4) is 0 Å². The van der Waals surface area contributed by atoms with Crippen molar-refractivity contribution in [3.05, 3.63) is 35.4 Å². The van der Waals surface area contributed by atoms with Gasteiger partial charge < -0.3 is 14.5 Å². The number of ether oxygens (including phenoxy) is 1. The SMILES string of the molecule is Cc1ccccc1CSCC(=O)N1CCCO[C@@H](CN2CCCC2)C1. The van der Waals surface area contributed by atoms with E-state index in [-0.39, 0.29) is 12.0 Å². The first-order valence-electron chi connectivity index (χ1n) is 9.46. The maximum absolute atomic E-state index is 12.6. The van der Waals surface area contributed by atoms with Crippen molar-refractivity contribution >= 4 is 17.7 Å². The number of thioether (sulfide) groups is 1. The van der Waals surface area contributed by atoms with E-state index in [1.165, 1.54) is 37.1 Å². The van der Waals surface area contributed by atoms with E-state index in [2.05, 4.69) is 36.1 Å². The summed E-state index contributed by atoms with van der Waals surface area (Å²) in [6.45, 7) is 7.83. The summed E-state index contributed by atoms with van der Waals surface area (Å²) in [7, 11) is 0. The molecular weight excluding hydrogens is 332 g/mol. The zero-order valence-corrected chi connectivity index (χ0v) is 16.1. The van der Waals surface area contributed by atoms with Crippen molar-refractivity contribution in [2.24, 2.45) is 0 Å². The molecule has 2 heterocycles. The molecule has 1 atom stereocenters. The fourth-order valence-corrected chi connectivity index (χ4v) is 4.60. The summed E-state index contributed by atoms with van der Waals surface area (Å²) in [5.41, 5.74) is 2.63. The Bertz CT molecular complexity index is 560. The highest BCUT2D eigenvalue weighted by molar-refractivity contribution is 7.99. The predicted octanol–water partition coefficient (Wildman–Crippen LogP) is 2.94. The maximum Gasteiger partial charge on any atom is 0.232 e. The van der Waals surface area contributed by atoms with E-state index in [4.69, 9.17) is 4.74 Å². The number of rotatable bonds is 6. The van der Waals surface area contributed by atoms with Crippen molar-refractivity contribution in [1.82, 2.24) is 9.80 Å². The Balaban J connectivity index is 1.45. The monoisotopic (exact) mass is 362 g/mol. The van der Waals surface area contributed by atoms with Gasteiger partial charge in [0, 0.05) is 32.0 Å². The Morgan fingerprint density at radius 2 is 2.00 bits per heavy atom. The standard InChI is InChI=1S/C20H30N2O2S/c1-17-7-2-3-8-18(17)15-25-16-20(23)22-11-6-12-24-19(14-22)13-21-9-4-5-10-21/h2-3,7-8,19H,4-6,9-16H2,1H3/t19-/m0/s1. The van der Waals surface area contributed by atoms with Crippen molar-refractivity contribution in [3.8, 4) is 0 Å². The second kappa shape index (κ2) is 9.60. The Morgan fingerprint density at radius 3 is 2.80 bits per heavy atom. The Morgan fingerprint density at radius 1 is 1.20 bits per heavy atom. The average molecular weight is 363 g/mol. The number of hydrogen-bond donors (Lipinski definition) is 0. The molecule has 2 aliphatic heterocycles. The number of benzene rings is 1. The van der Waals surface area contributed by atoms with Gasteiger partial charge in [0.25, 0.3) is 0 Å². The van der Waals surface area contributed by atoms with E-state index in [0.717, 1.165) is 38.4 Å². The minimum Gasteiger partial charge on any atom is -0.375 e. The topological polar surface area (TPSA) is 32.8 Å². The van der Waals surface area contributed by atoms with Gasteiger partial charge in [-0.05, 0) is 50.4 Å². The summed E-state index contributed by atoms with van der Waals surface area (Å²) in [6.07, 6.45) is 3.71. The second-order valence-corrected chi connectivity index (χ2v) is 8.10.